The number of nitrogens with two attached hydrogens (primary N) is 1. The fraction of sp³-hybridized carbons (Fsp3) is 0.143. The average Bonchev–Trinajstić information content (AvgIpc) is 2.33. The lowest BCUT2D eigenvalue weighted by atomic mass is 10.2. The summed E-state index contributed by atoms with van der Waals surface area (Å²) in [5.41, 5.74) is 8.12. The van der Waals surface area contributed by atoms with Crippen LogP contribution in [0, 0.1) is 13.8 Å². The number of benzene rings is 1. The van der Waals surface area contributed by atoms with Crippen molar-refractivity contribution in [2.75, 3.05) is 0 Å². The molecule has 0 saturated carbocycles. The molecule has 0 amide bonds. The summed E-state index contributed by atoms with van der Waals surface area (Å²) in [6.07, 6.45) is 0. The predicted octanol–water partition coefficient (Wildman–Crippen LogP) is 3.78. The second-order valence-electron chi connectivity index (χ2n) is 4.21. The van der Waals surface area contributed by atoms with Gasteiger partial charge in [0.1, 0.15) is 10.7 Å². The van der Waals surface area contributed by atoms with E-state index >= 15 is 0 Å². The molecule has 0 atom stereocenters. The van der Waals surface area contributed by atoms with Gasteiger partial charge in [0.15, 0.2) is 0 Å². The van der Waals surface area contributed by atoms with Crippen LogP contribution >= 0.6 is 23.8 Å². The highest BCUT2D eigenvalue weighted by Crippen LogP contribution is 2.31. The van der Waals surface area contributed by atoms with Crippen LogP contribution < -0.4 is 10.5 Å². The summed E-state index contributed by atoms with van der Waals surface area (Å²) in [6.45, 7) is 3.83. The van der Waals surface area contributed by atoms with Crippen molar-refractivity contribution in [1.82, 2.24) is 4.98 Å². The fourth-order valence-electron chi connectivity index (χ4n) is 1.59. The number of hydrogen-bond donors (Lipinski definition) is 1. The lowest BCUT2D eigenvalue weighted by Gasteiger charge is -2.11. The summed E-state index contributed by atoms with van der Waals surface area (Å²) in [5, 5.41) is 0.516. The fourth-order valence-corrected chi connectivity index (χ4v) is 1.90. The number of thiocarbonyl (C=S) groups is 1. The first kappa shape index (κ1) is 13.8. The van der Waals surface area contributed by atoms with Crippen molar-refractivity contribution < 1.29 is 4.74 Å². The zero-order valence-corrected chi connectivity index (χ0v) is 12.2. The smallest absolute Gasteiger partial charge is 0.229 e. The molecule has 0 fully saturated rings. The van der Waals surface area contributed by atoms with E-state index in [0.29, 0.717) is 22.2 Å². The SMILES string of the molecule is Cc1ccc(Cl)c(Oc2nc(C)ccc2C(N)=S)c1. The zero-order chi connectivity index (χ0) is 14.0. The van der Waals surface area contributed by atoms with Crippen LogP contribution in [0.25, 0.3) is 0 Å². The predicted molar refractivity (Wildman–Crippen MR) is 81.1 cm³/mol. The summed E-state index contributed by atoms with van der Waals surface area (Å²) >= 11 is 11.1. The average molecular weight is 293 g/mol. The molecule has 3 nitrogen and oxygen atoms in total. The standard InChI is InChI=1S/C14H13ClN2OS/c1-8-3-6-11(15)12(7-8)18-14-10(13(16)19)5-4-9(2)17-14/h3-7H,1-2H3,(H2,16,19). The minimum atomic E-state index is 0.242. The van der Waals surface area contributed by atoms with Crippen LogP contribution in [-0.4, -0.2) is 9.97 Å². The number of nitrogens with zero attached hydrogens (tertiary/aromatic N) is 1. The van der Waals surface area contributed by atoms with E-state index in [0.717, 1.165) is 11.3 Å². The lowest BCUT2D eigenvalue weighted by molar-refractivity contribution is 0.460. The number of aryl methyl sites for hydroxylation is 2. The molecule has 98 valence electrons. The van der Waals surface area contributed by atoms with Gasteiger partial charge in [-0.2, -0.15) is 0 Å². The molecule has 2 rings (SSSR count). The van der Waals surface area contributed by atoms with Crippen LogP contribution in [0.1, 0.15) is 16.8 Å². The van der Waals surface area contributed by atoms with Crippen LogP contribution in [0.4, 0.5) is 0 Å². The molecule has 1 aromatic carbocycles. The van der Waals surface area contributed by atoms with Crippen LogP contribution in [0.2, 0.25) is 5.02 Å². The van der Waals surface area contributed by atoms with Crippen LogP contribution in [0.15, 0.2) is 30.3 Å². The van der Waals surface area contributed by atoms with E-state index in [4.69, 9.17) is 34.3 Å². The van der Waals surface area contributed by atoms with Crippen molar-refractivity contribution in [3.63, 3.8) is 0 Å². The number of halogens is 1. The van der Waals surface area contributed by atoms with Crippen molar-refractivity contribution in [1.29, 1.82) is 0 Å². The molecule has 0 spiro atoms. The Morgan fingerprint density at radius 3 is 2.68 bits per heavy atom. The molecular weight excluding hydrogens is 280 g/mol. The second-order valence-corrected chi connectivity index (χ2v) is 5.05. The summed E-state index contributed by atoms with van der Waals surface area (Å²) in [4.78, 5) is 4.55. The highest BCUT2D eigenvalue weighted by atomic mass is 35.5. The number of ether oxygens (including phenoxy) is 1. The van der Waals surface area contributed by atoms with E-state index < -0.39 is 0 Å². The van der Waals surface area contributed by atoms with Gasteiger partial charge in [-0.3, -0.25) is 0 Å². The third-order valence-electron chi connectivity index (χ3n) is 2.56. The van der Waals surface area contributed by atoms with Crippen molar-refractivity contribution in [3.05, 3.63) is 52.2 Å². The molecule has 1 heterocycles. The summed E-state index contributed by atoms with van der Waals surface area (Å²) in [5.74, 6) is 0.914. The highest BCUT2D eigenvalue weighted by molar-refractivity contribution is 7.80. The number of hydrogen-bond acceptors (Lipinski definition) is 3. The molecule has 0 aliphatic rings. The van der Waals surface area contributed by atoms with Crippen molar-refractivity contribution in [3.8, 4) is 11.6 Å². The Bertz CT molecular complexity index is 643. The van der Waals surface area contributed by atoms with Gasteiger partial charge in [-0.15, -0.1) is 0 Å². The van der Waals surface area contributed by atoms with Crippen LogP contribution in [0.5, 0.6) is 11.6 Å². The van der Waals surface area contributed by atoms with Gasteiger partial charge in [0.25, 0.3) is 0 Å². The Labute approximate surface area is 122 Å². The molecule has 1 aromatic heterocycles. The second kappa shape index (κ2) is 5.55. The van der Waals surface area contributed by atoms with E-state index in [1.165, 1.54) is 0 Å². The zero-order valence-electron chi connectivity index (χ0n) is 10.6. The molecular formula is C14H13ClN2OS. The Balaban J connectivity index is 2.45. The normalized spacial score (nSPS) is 10.3. The van der Waals surface area contributed by atoms with Gasteiger partial charge in [0.2, 0.25) is 5.88 Å². The molecule has 0 saturated heterocycles. The monoisotopic (exact) mass is 292 g/mol. The lowest BCUT2D eigenvalue weighted by Crippen LogP contribution is -2.12. The molecule has 0 radical (unpaired) electrons. The Morgan fingerprint density at radius 1 is 1.26 bits per heavy atom. The maximum atomic E-state index is 6.10. The Morgan fingerprint density at radius 2 is 2.00 bits per heavy atom. The van der Waals surface area contributed by atoms with Gasteiger partial charge in [-0.25, -0.2) is 4.98 Å². The van der Waals surface area contributed by atoms with Crippen LogP contribution in [-0.2, 0) is 0 Å². The highest BCUT2D eigenvalue weighted by Gasteiger charge is 2.11. The molecule has 0 aliphatic heterocycles. The van der Waals surface area contributed by atoms with Gasteiger partial charge >= 0.3 is 0 Å². The summed E-state index contributed by atoms with van der Waals surface area (Å²) < 4.78 is 5.75. The van der Waals surface area contributed by atoms with Gasteiger partial charge in [0, 0.05) is 5.69 Å². The van der Waals surface area contributed by atoms with E-state index in [1.807, 2.05) is 32.0 Å². The molecule has 19 heavy (non-hydrogen) atoms. The number of pyridine rings is 1. The topological polar surface area (TPSA) is 48.1 Å². The largest absolute Gasteiger partial charge is 0.437 e. The third-order valence-corrected chi connectivity index (χ3v) is 3.09. The minimum Gasteiger partial charge on any atom is -0.437 e. The van der Waals surface area contributed by atoms with E-state index in [-0.39, 0.29) is 4.99 Å². The van der Waals surface area contributed by atoms with Gasteiger partial charge < -0.3 is 10.5 Å². The number of aromatic nitrogens is 1. The minimum absolute atomic E-state index is 0.242. The van der Waals surface area contributed by atoms with Crippen LogP contribution in [0.3, 0.4) is 0 Å². The Hall–Kier alpha value is -1.65. The molecule has 0 aliphatic carbocycles. The first-order chi connectivity index (χ1) is 8.97. The van der Waals surface area contributed by atoms with E-state index in [2.05, 4.69) is 4.98 Å². The molecule has 2 aromatic rings. The molecule has 5 heteroatoms. The molecule has 2 N–H and O–H groups in total. The van der Waals surface area contributed by atoms with Gasteiger partial charge in [0.05, 0.1) is 10.6 Å². The van der Waals surface area contributed by atoms with Crippen molar-refractivity contribution >= 4 is 28.8 Å². The van der Waals surface area contributed by atoms with Gasteiger partial charge in [-0.1, -0.05) is 29.9 Å². The first-order valence-corrected chi connectivity index (χ1v) is 6.47. The maximum absolute atomic E-state index is 6.10. The summed E-state index contributed by atoms with van der Waals surface area (Å²) in [7, 11) is 0. The molecule has 0 unspecified atom stereocenters. The van der Waals surface area contributed by atoms with Crippen molar-refractivity contribution in [2.45, 2.75) is 13.8 Å². The van der Waals surface area contributed by atoms with E-state index in [9.17, 15) is 0 Å². The quantitative estimate of drug-likeness (QED) is 0.875. The first-order valence-electron chi connectivity index (χ1n) is 5.69. The molecule has 0 bridgehead atoms. The van der Waals surface area contributed by atoms with Crippen molar-refractivity contribution in [2.24, 2.45) is 5.73 Å². The maximum Gasteiger partial charge on any atom is 0.229 e. The number of rotatable bonds is 3. The Kier molecular flexibility index (Phi) is 4.02. The summed E-state index contributed by atoms with van der Waals surface area (Å²) in [6, 6.07) is 9.16. The van der Waals surface area contributed by atoms with E-state index in [1.54, 1.807) is 12.1 Å². The van der Waals surface area contributed by atoms with Gasteiger partial charge in [-0.05, 0) is 43.7 Å². The third kappa shape index (κ3) is 3.22.